The van der Waals surface area contributed by atoms with Crippen LogP contribution in [0, 0.1) is 0 Å². The highest BCUT2D eigenvalue weighted by Gasteiger charge is 2.19. The summed E-state index contributed by atoms with van der Waals surface area (Å²) in [4.78, 5) is 15.7. The first-order chi connectivity index (χ1) is 24.3. The molecule has 0 saturated carbocycles. The van der Waals surface area contributed by atoms with Crippen molar-refractivity contribution < 1.29 is 0 Å². The van der Waals surface area contributed by atoms with Crippen molar-refractivity contribution in [2.45, 2.75) is 0 Å². The summed E-state index contributed by atoms with van der Waals surface area (Å²) in [5, 5.41) is 9.79. The van der Waals surface area contributed by atoms with Crippen LogP contribution in [0.5, 0.6) is 0 Å². The Balaban J connectivity index is 1.22. The molecule has 0 spiro atoms. The number of hydrogen-bond acceptors (Lipinski definition) is 4. The van der Waals surface area contributed by atoms with Crippen molar-refractivity contribution in [2.24, 2.45) is 0 Å². The third-order valence-electron chi connectivity index (χ3n) is 9.53. The molecule has 10 rings (SSSR count). The molecular formula is C45H27N3S. The third kappa shape index (κ3) is 4.61. The molecule has 0 unspecified atom stereocenters. The van der Waals surface area contributed by atoms with Crippen molar-refractivity contribution in [3.63, 3.8) is 0 Å². The minimum absolute atomic E-state index is 0.653. The van der Waals surface area contributed by atoms with Crippen LogP contribution in [0.2, 0.25) is 0 Å². The Morgan fingerprint density at radius 1 is 0.327 bits per heavy atom. The van der Waals surface area contributed by atoms with E-state index in [9.17, 15) is 0 Å². The first-order valence-electron chi connectivity index (χ1n) is 16.4. The molecule has 0 saturated heterocycles. The fourth-order valence-corrected chi connectivity index (χ4v) is 8.35. The summed E-state index contributed by atoms with van der Waals surface area (Å²) < 4.78 is 2.47. The average Bonchev–Trinajstić information content (AvgIpc) is 3.56. The summed E-state index contributed by atoms with van der Waals surface area (Å²) in [5.41, 5.74) is 5.15. The van der Waals surface area contributed by atoms with Crippen molar-refractivity contribution in [3.8, 4) is 45.3 Å². The van der Waals surface area contributed by atoms with E-state index in [1.165, 1.54) is 47.1 Å². The minimum atomic E-state index is 0.653. The third-order valence-corrected chi connectivity index (χ3v) is 10.7. The first kappa shape index (κ1) is 27.8. The average molecular weight is 642 g/mol. The molecule has 0 radical (unpaired) electrons. The second-order valence-electron chi connectivity index (χ2n) is 12.4. The second-order valence-corrected chi connectivity index (χ2v) is 13.5. The van der Waals surface area contributed by atoms with Crippen LogP contribution in [0.25, 0.3) is 97.8 Å². The number of aromatic nitrogens is 3. The number of rotatable bonds is 4. The van der Waals surface area contributed by atoms with Crippen LogP contribution in [0.4, 0.5) is 0 Å². The summed E-state index contributed by atoms with van der Waals surface area (Å²) in [7, 11) is 0. The van der Waals surface area contributed by atoms with Crippen molar-refractivity contribution in [1.29, 1.82) is 0 Å². The SMILES string of the molecule is c1ccc(-c2ccccc2-c2nc(-c3ccc4c(ccc5c6ccccc6ccc45)c3)nc(-c3cccc4sc5ccccc5c34)n2)cc1. The Morgan fingerprint density at radius 3 is 1.78 bits per heavy atom. The van der Waals surface area contributed by atoms with Gasteiger partial charge in [0, 0.05) is 36.9 Å². The van der Waals surface area contributed by atoms with Gasteiger partial charge < -0.3 is 0 Å². The minimum Gasteiger partial charge on any atom is -0.208 e. The lowest BCUT2D eigenvalue weighted by atomic mass is 9.96. The van der Waals surface area contributed by atoms with E-state index in [1.54, 1.807) is 11.3 Å². The molecule has 3 nitrogen and oxygen atoms in total. The molecule has 8 aromatic carbocycles. The molecule has 0 aliphatic rings. The van der Waals surface area contributed by atoms with Gasteiger partial charge in [0.25, 0.3) is 0 Å². The number of benzene rings is 8. The highest BCUT2D eigenvalue weighted by Crippen LogP contribution is 2.41. The fourth-order valence-electron chi connectivity index (χ4n) is 7.22. The number of nitrogens with zero attached hydrogens (tertiary/aromatic N) is 3. The second kappa shape index (κ2) is 11.2. The monoisotopic (exact) mass is 641 g/mol. The van der Waals surface area contributed by atoms with E-state index in [0.29, 0.717) is 17.5 Å². The maximum absolute atomic E-state index is 5.24. The summed E-state index contributed by atoms with van der Waals surface area (Å²) in [6, 6.07) is 58.0. The van der Waals surface area contributed by atoms with Crippen molar-refractivity contribution >= 4 is 63.8 Å². The zero-order valence-electron chi connectivity index (χ0n) is 26.3. The normalized spacial score (nSPS) is 11.7. The molecule has 0 aliphatic carbocycles. The molecule has 0 fully saturated rings. The van der Waals surface area contributed by atoms with E-state index in [1.807, 2.05) is 6.07 Å². The van der Waals surface area contributed by atoms with E-state index in [-0.39, 0.29) is 0 Å². The molecule has 0 amide bonds. The van der Waals surface area contributed by atoms with E-state index in [0.717, 1.165) is 33.2 Å². The van der Waals surface area contributed by atoms with Crippen LogP contribution in [-0.2, 0) is 0 Å². The van der Waals surface area contributed by atoms with E-state index < -0.39 is 0 Å². The Kier molecular flexibility index (Phi) is 6.36. The first-order valence-corrected chi connectivity index (χ1v) is 17.3. The molecule has 0 bridgehead atoms. The van der Waals surface area contributed by atoms with Crippen LogP contribution in [0.15, 0.2) is 164 Å². The van der Waals surface area contributed by atoms with Gasteiger partial charge in [-0.25, -0.2) is 15.0 Å². The largest absolute Gasteiger partial charge is 0.208 e. The van der Waals surface area contributed by atoms with Gasteiger partial charge in [-0.2, -0.15) is 0 Å². The van der Waals surface area contributed by atoms with E-state index >= 15 is 0 Å². The molecule has 10 aromatic rings. The van der Waals surface area contributed by atoms with Gasteiger partial charge >= 0.3 is 0 Å². The van der Waals surface area contributed by atoms with Gasteiger partial charge in [0.2, 0.25) is 0 Å². The molecule has 0 aliphatic heterocycles. The molecular weight excluding hydrogens is 615 g/mol. The van der Waals surface area contributed by atoms with Gasteiger partial charge in [-0.1, -0.05) is 146 Å². The summed E-state index contributed by atoms with van der Waals surface area (Å²) in [6.45, 7) is 0. The molecule has 0 N–H and O–H groups in total. The highest BCUT2D eigenvalue weighted by atomic mass is 32.1. The molecule has 0 atom stereocenters. The number of thiophene rings is 1. The highest BCUT2D eigenvalue weighted by molar-refractivity contribution is 7.25. The topological polar surface area (TPSA) is 38.7 Å². The zero-order chi connectivity index (χ0) is 32.3. The standard InChI is InChI=1S/C45H27N3S/c1-2-11-28(12-3-1)33-15-6-7-16-37(33)44-46-43(47-45(48-44)39-18-10-20-41-42(39)38-17-8-9-19-40(38)49-41)31-23-24-34-30(27-31)22-26-35-32-14-5-4-13-29(32)21-25-36(34)35/h1-27H. The lowest BCUT2D eigenvalue weighted by Crippen LogP contribution is -2.01. The maximum Gasteiger partial charge on any atom is 0.164 e. The Bertz CT molecular complexity index is 2890. The van der Waals surface area contributed by atoms with Crippen molar-refractivity contribution in [1.82, 2.24) is 15.0 Å². The predicted molar refractivity (Wildman–Crippen MR) is 207 cm³/mol. The predicted octanol–water partition coefficient (Wildman–Crippen LogP) is 12.4. The number of fused-ring (bicyclic) bond motifs is 8. The molecule has 228 valence electrons. The van der Waals surface area contributed by atoms with Crippen LogP contribution < -0.4 is 0 Å². The molecule has 2 aromatic heterocycles. The Labute approximate surface area is 286 Å². The van der Waals surface area contributed by atoms with Gasteiger partial charge in [0.1, 0.15) is 0 Å². The zero-order valence-corrected chi connectivity index (χ0v) is 27.2. The summed E-state index contributed by atoms with van der Waals surface area (Å²) >= 11 is 1.80. The summed E-state index contributed by atoms with van der Waals surface area (Å²) in [6.07, 6.45) is 0. The van der Waals surface area contributed by atoms with E-state index in [2.05, 4.69) is 158 Å². The van der Waals surface area contributed by atoms with E-state index in [4.69, 9.17) is 15.0 Å². The quantitative estimate of drug-likeness (QED) is 0.180. The lowest BCUT2D eigenvalue weighted by molar-refractivity contribution is 1.08. The van der Waals surface area contributed by atoms with Crippen molar-refractivity contribution in [2.75, 3.05) is 0 Å². The molecule has 4 heteroatoms. The van der Waals surface area contributed by atoms with Crippen LogP contribution in [0.3, 0.4) is 0 Å². The van der Waals surface area contributed by atoms with Crippen LogP contribution >= 0.6 is 11.3 Å². The van der Waals surface area contributed by atoms with Crippen LogP contribution in [0.1, 0.15) is 0 Å². The Morgan fingerprint density at radius 2 is 0.918 bits per heavy atom. The summed E-state index contributed by atoms with van der Waals surface area (Å²) in [5.74, 6) is 1.98. The smallest absolute Gasteiger partial charge is 0.164 e. The Hall–Kier alpha value is -6.23. The lowest BCUT2D eigenvalue weighted by Gasteiger charge is -2.13. The molecule has 2 heterocycles. The fraction of sp³-hybridized carbons (Fsp3) is 0. The van der Waals surface area contributed by atoms with Crippen molar-refractivity contribution in [3.05, 3.63) is 164 Å². The van der Waals surface area contributed by atoms with Gasteiger partial charge in [-0.3, -0.25) is 0 Å². The van der Waals surface area contributed by atoms with Gasteiger partial charge in [0.05, 0.1) is 0 Å². The van der Waals surface area contributed by atoms with Gasteiger partial charge in [-0.15, -0.1) is 11.3 Å². The molecule has 49 heavy (non-hydrogen) atoms. The number of hydrogen-bond donors (Lipinski definition) is 0. The van der Waals surface area contributed by atoms with Crippen LogP contribution in [-0.4, -0.2) is 15.0 Å². The van der Waals surface area contributed by atoms with Gasteiger partial charge in [-0.05, 0) is 61.6 Å². The van der Waals surface area contributed by atoms with Gasteiger partial charge in [0.15, 0.2) is 17.5 Å². The maximum atomic E-state index is 5.24.